The van der Waals surface area contributed by atoms with Crippen LogP contribution in [0.25, 0.3) is 0 Å². The second-order valence-electron chi connectivity index (χ2n) is 7.43. The molecule has 0 aliphatic carbocycles. The van der Waals surface area contributed by atoms with E-state index in [0.29, 0.717) is 0 Å². The van der Waals surface area contributed by atoms with E-state index in [-0.39, 0.29) is 10.8 Å². The fraction of sp³-hybridized carbons (Fsp3) is 0.381. The molecule has 120 valence electrons. The SMILES string of the molecule is CC(C)(CCC(C)(C)c1ccccc1C#N)c1ccc(Br)cc1. The minimum absolute atomic E-state index is 0.0149. The fourth-order valence-electron chi connectivity index (χ4n) is 2.98. The molecule has 0 aliphatic heterocycles. The monoisotopic (exact) mass is 369 g/mol. The molecule has 0 heterocycles. The highest BCUT2D eigenvalue weighted by atomic mass is 79.9. The first-order chi connectivity index (χ1) is 10.8. The highest BCUT2D eigenvalue weighted by Gasteiger charge is 2.28. The van der Waals surface area contributed by atoms with Gasteiger partial charge in [0.2, 0.25) is 0 Å². The van der Waals surface area contributed by atoms with Gasteiger partial charge >= 0.3 is 0 Å². The molecule has 0 unspecified atom stereocenters. The van der Waals surface area contributed by atoms with Crippen LogP contribution in [0.15, 0.2) is 53.0 Å². The lowest BCUT2D eigenvalue weighted by Gasteiger charge is -2.32. The first kappa shape index (κ1) is 17.8. The molecule has 0 saturated carbocycles. The molecule has 23 heavy (non-hydrogen) atoms. The standard InChI is InChI=1S/C21H24BrN/c1-20(2,17-9-11-18(22)12-10-17)13-14-21(3,4)19-8-6-5-7-16(19)15-23/h5-12H,13-14H2,1-4H3. The van der Waals surface area contributed by atoms with E-state index < -0.39 is 0 Å². The van der Waals surface area contributed by atoms with Crippen LogP contribution < -0.4 is 0 Å². The maximum Gasteiger partial charge on any atom is 0.0994 e. The molecule has 0 fully saturated rings. The van der Waals surface area contributed by atoms with Crippen LogP contribution in [-0.2, 0) is 10.8 Å². The summed E-state index contributed by atoms with van der Waals surface area (Å²) in [5, 5.41) is 9.36. The molecule has 1 nitrogen and oxygen atoms in total. The van der Waals surface area contributed by atoms with E-state index in [0.717, 1.165) is 28.4 Å². The molecule has 2 aromatic rings. The van der Waals surface area contributed by atoms with Gasteiger partial charge in [-0.15, -0.1) is 0 Å². The topological polar surface area (TPSA) is 23.8 Å². The fourth-order valence-corrected chi connectivity index (χ4v) is 3.24. The van der Waals surface area contributed by atoms with E-state index in [1.54, 1.807) is 0 Å². The first-order valence-corrected chi connectivity index (χ1v) is 8.81. The Morgan fingerprint density at radius 1 is 0.870 bits per heavy atom. The Labute approximate surface area is 148 Å². The molecule has 0 radical (unpaired) electrons. The van der Waals surface area contributed by atoms with E-state index in [2.05, 4.69) is 80.0 Å². The van der Waals surface area contributed by atoms with Gasteiger partial charge in [0.15, 0.2) is 0 Å². The molecular formula is C21H24BrN. The summed E-state index contributed by atoms with van der Waals surface area (Å²) < 4.78 is 1.11. The lowest BCUT2D eigenvalue weighted by molar-refractivity contribution is 0.374. The van der Waals surface area contributed by atoms with Crippen LogP contribution in [-0.4, -0.2) is 0 Å². The largest absolute Gasteiger partial charge is 0.192 e. The predicted molar refractivity (Wildman–Crippen MR) is 101 cm³/mol. The van der Waals surface area contributed by atoms with Crippen molar-refractivity contribution in [1.82, 2.24) is 0 Å². The Kier molecular flexibility index (Phi) is 5.32. The highest BCUT2D eigenvalue weighted by Crippen LogP contribution is 2.37. The van der Waals surface area contributed by atoms with Gasteiger partial charge < -0.3 is 0 Å². The smallest absolute Gasteiger partial charge is 0.0994 e. The molecule has 0 aromatic heterocycles. The molecule has 0 spiro atoms. The van der Waals surface area contributed by atoms with Crippen LogP contribution in [0.4, 0.5) is 0 Å². The van der Waals surface area contributed by atoms with Crippen molar-refractivity contribution in [1.29, 1.82) is 5.26 Å². The summed E-state index contributed by atoms with van der Waals surface area (Å²) in [5.74, 6) is 0. The zero-order valence-corrected chi connectivity index (χ0v) is 15.9. The van der Waals surface area contributed by atoms with Crippen molar-refractivity contribution in [3.8, 4) is 6.07 Å². The predicted octanol–water partition coefficient (Wildman–Crippen LogP) is 6.36. The van der Waals surface area contributed by atoms with Crippen molar-refractivity contribution >= 4 is 15.9 Å². The number of hydrogen-bond acceptors (Lipinski definition) is 1. The third-order valence-corrected chi connectivity index (χ3v) is 5.31. The van der Waals surface area contributed by atoms with Gasteiger partial charge in [0.1, 0.15) is 0 Å². The molecule has 2 heteroatoms. The number of hydrogen-bond donors (Lipinski definition) is 0. The average molecular weight is 370 g/mol. The Hall–Kier alpha value is -1.59. The summed E-state index contributed by atoms with van der Waals surface area (Å²) >= 11 is 3.50. The first-order valence-electron chi connectivity index (χ1n) is 8.02. The molecule has 0 amide bonds. The normalized spacial score (nSPS) is 12.0. The second-order valence-corrected chi connectivity index (χ2v) is 8.35. The van der Waals surface area contributed by atoms with Crippen LogP contribution in [0.3, 0.4) is 0 Å². The van der Waals surface area contributed by atoms with Gasteiger partial charge in [-0.3, -0.25) is 0 Å². The quantitative estimate of drug-likeness (QED) is 0.601. The van der Waals surface area contributed by atoms with Crippen LogP contribution in [0.5, 0.6) is 0 Å². The number of benzene rings is 2. The van der Waals surface area contributed by atoms with E-state index in [9.17, 15) is 5.26 Å². The molecule has 0 bridgehead atoms. The maximum absolute atomic E-state index is 9.36. The average Bonchev–Trinajstić information content (AvgIpc) is 2.53. The van der Waals surface area contributed by atoms with Gasteiger partial charge in [-0.25, -0.2) is 0 Å². The van der Waals surface area contributed by atoms with E-state index in [4.69, 9.17) is 0 Å². The van der Waals surface area contributed by atoms with Crippen molar-refractivity contribution in [2.24, 2.45) is 0 Å². The van der Waals surface area contributed by atoms with Crippen molar-refractivity contribution in [2.75, 3.05) is 0 Å². The molecule has 2 aromatic carbocycles. The van der Waals surface area contributed by atoms with Gasteiger partial charge in [-0.2, -0.15) is 5.26 Å². The van der Waals surface area contributed by atoms with Crippen molar-refractivity contribution in [3.63, 3.8) is 0 Å². The third-order valence-electron chi connectivity index (χ3n) is 4.78. The summed E-state index contributed by atoms with van der Waals surface area (Å²) in [6.07, 6.45) is 2.11. The van der Waals surface area contributed by atoms with Gasteiger partial charge in [0.05, 0.1) is 11.6 Å². The van der Waals surface area contributed by atoms with Gasteiger partial charge in [0, 0.05) is 4.47 Å². The van der Waals surface area contributed by atoms with Crippen LogP contribution in [0.2, 0.25) is 0 Å². The number of nitrogens with zero attached hydrogens (tertiary/aromatic N) is 1. The van der Waals surface area contributed by atoms with Crippen molar-refractivity contribution in [2.45, 2.75) is 51.4 Å². The minimum atomic E-state index is -0.0149. The summed E-state index contributed by atoms with van der Waals surface area (Å²) in [4.78, 5) is 0. The maximum atomic E-state index is 9.36. The zero-order valence-electron chi connectivity index (χ0n) is 14.4. The Morgan fingerprint density at radius 2 is 1.43 bits per heavy atom. The van der Waals surface area contributed by atoms with Gasteiger partial charge in [0.25, 0.3) is 0 Å². The Morgan fingerprint density at radius 3 is 2.04 bits per heavy atom. The number of halogens is 1. The third kappa shape index (κ3) is 4.24. The van der Waals surface area contributed by atoms with E-state index in [1.807, 2.05) is 18.2 Å². The minimum Gasteiger partial charge on any atom is -0.192 e. The van der Waals surface area contributed by atoms with Crippen LogP contribution in [0.1, 0.15) is 57.2 Å². The lowest BCUT2D eigenvalue weighted by atomic mass is 9.72. The molecule has 0 atom stereocenters. The molecule has 0 N–H and O–H groups in total. The molecule has 0 aliphatic rings. The lowest BCUT2D eigenvalue weighted by Crippen LogP contribution is -2.25. The van der Waals surface area contributed by atoms with Crippen molar-refractivity contribution < 1.29 is 0 Å². The summed E-state index contributed by atoms with van der Waals surface area (Å²) in [7, 11) is 0. The van der Waals surface area contributed by atoms with Gasteiger partial charge in [-0.1, -0.05) is 74.0 Å². The number of rotatable bonds is 5. The summed E-state index contributed by atoms with van der Waals surface area (Å²) in [6, 6.07) is 18.9. The summed E-state index contributed by atoms with van der Waals surface area (Å²) in [5.41, 5.74) is 3.39. The molecule has 0 saturated heterocycles. The van der Waals surface area contributed by atoms with Crippen LogP contribution in [0, 0.1) is 11.3 Å². The molecular weight excluding hydrogens is 346 g/mol. The second kappa shape index (κ2) is 6.89. The van der Waals surface area contributed by atoms with Gasteiger partial charge in [-0.05, 0) is 53.0 Å². The Bertz CT molecular complexity index is 705. The zero-order chi connectivity index (χ0) is 17.1. The highest BCUT2D eigenvalue weighted by molar-refractivity contribution is 9.10. The Balaban J connectivity index is 2.18. The van der Waals surface area contributed by atoms with E-state index in [1.165, 1.54) is 5.56 Å². The van der Waals surface area contributed by atoms with Crippen molar-refractivity contribution in [3.05, 3.63) is 69.7 Å². The van der Waals surface area contributed by atoms with Crippen LogP contribution >= 0.6 is 15.9 Å². The summed E-state index contributed by atoms with van der Waals surface area (Å²) in [6.45, 7) is 9.06. The number of nitriles is 1. The molecule has 2 rings (SSSR count). The van der Waals surface area contributed by atoms with E-state index >= 15 is 0 Å².